The van der Waals surface area contributed by atoms with Crippen molar-refractivity contribution in [2.24, 2.45) is 5.92 Å². The molecular formula is C18H31N3O4S. The van der Waals surface area contributed by atoms with Crippen molar-refractivity contribution >= 4 is 21.7 Å². The predicted octanol–water partition coefficient (Wildman–Crippen LogP) is 0.355. The number of rotatable bonds is 4. The number of hydrogen-bond acceptors (Lipinski definition) is 5. The molecule has 7 nitrogen and oxygen atoms in total. The van der Waals surface area contributed by atoms with Crippen LogP contribution in [0, 0.1) is 5.92 Å². The van der Waals surface area contributed by atoms with E-state index in [1.54, 1.807) is 11.9 Å². The van der Waals surface area contributed by atoms with Gasteiger partial charge >= 0.3 is 0 Å². The van der Waals surface area contributed by atoms with Gasteiger partial charge in [-0.25, -0.2) is 8.42 Å². The van der Waals surface area contributed by atoms with Gasteiger partial charge in [0.25, 0.3) is 0 Å². The van der Waals surface area contributed by atoms with Crippen LogP contribution in [0.4, 0.5) is 0 Å². The Kier molecular flexibility index (Phi) is 5.91. The van der Waals surface area contributed by atoms with E-state index in [9.17, 15) is 18.0 Å². The van der Waals surface area contributed by atoms with Crippen LogP contribution < -0.4 is 0 Å². The van der Waals surface area contributed by atoms with Crippen molar-refractivity contribution in [3.05, 3.63) is 0 Å². The number of carbonyl (C=O) groups is 2. The molecule has 0 radical (unpaired) electrons. The van der Waals surface area contributed by atoms with E-state index < -0.39 is 9.84 Å². The molecule has 0 bridgehead atoms. The highest BCUT2D eigenvalue weighted by molar-refractivity contribution is 7.91. The van der Waals surface area contributed by atoms with Crippen molar-refractivity contribution in [2.75, 3.05) is 44.7 Å². The highest BCUT2D eigenvalue weighted by Crippen LogP contribution is 2.27. The summed E-state index contributed by atoms with van der Waals surface area (Å²) < 4.78 is 23.3. The molecule has 26 heavy (non-hydrogen) atoms. The minimum absolute atomic E-state index is 0.0253. The minimum atomic E-state index is -3.00. The van der Waals surface area contributed by atoms with E-state index in [0.717, 1.165) is 25.7 Å². The Balaban J connectivity index is 1.50. The number of likely N-dealkylation sites (N-methyl/N-ethyl adjacent to an activating group) is 1. The van der Waals surface area contributed by atoms with Crippen LogP contribution in [-0.2, 0) is 19.4 Å². The predicted molar refractivity (Wildman–Crippen MR) is 99.4 cm³/mol. The molecule has 0 aromatic heterocycles. The average molecular weight is 386 g/mol. The standard InChI is InChI=1S/C18H31N3O4S/c1-14(17(22)19(2)16-7-12-26(24,25)13-16)20-8-10-21(11-9-20)18(23)15-5-3-4-6-15/h14-16H,3-13H2,1-2H3. The molecule has 2 unspecified atom stereocenters. The smallest absolute Gasteiger partial charge is 0.239 e. The molecule has 2 heterocycles. The van der Waals surface area contributed by atoms with Gasteiger partial charge in [-0.1, -0.05) is 12.8 Å². The first-order valence-electron chi connectivity index (χ1n) is 9.78. The summed E-state index contributed by atoms with van der Waals surface area (Å²) in [5, 5.41) is 0. The molecule has 3 rings (SSSR count). The van der Waals surface area contributed by atoms with Crippen LogP contribution in [0.5, 0.6) is 0 Å². The van der Waals surface area contributed by atoms with Crippen LogP contribution in [0.1, 0.15) is 39.0 Å². The third-order valence-corrected chi connectivity index (χ3v) is 8.09. The molecule has 3 aliphatic rings. The second-order valence-corrected chi connectivity index (χ2v) is 10.3. The Morgan fingerprint density at radius 3 is 2.19 bits per heavy atom. The lowest BCUT2D eigenvalue weighted by Gasteiger charge is -2.39. The first kappa shape index (κ1) is 19.6. The molecule has 0 N–H and O–H groups in total. The molecule has 1 saturated carbocycles. The van der Waals surface area contributed by atoms with Crippen LogP contribution >= 0.6 is 0 Å². The van der Waals surface area contributed by atoms with Gasteiger partial charge in [0.1, 0.15) is 0 Å². The van der Waals surface area contributed by atoms with Crippen molar-refractivity contribution in [1.82, 2.24) is 14.7 Å². The van der Waals surface area contributed by atoms with E-state index in [2.05, 4.69) is 4.90 Å². The number of sulfone groups is 1. The fraction of sp³-hybridized carbons (Fsp3) is 0.889. The average Bonchev–Trinajstić information content (AvgIpc) is 3.29. The summed E-state index contributed by atoms with van der Waals surface area (Å²) in [6.45, 7) is 4.63. The van der Waals surface area contributed by atoms with Crippen LogP contribution in [-0.4, -0.2) is 91.7 Å². The summed E-state index contributed by atoms with van der Waals surface area (Å²) in [5.41, 5.74) is 0. The lowest BCUT2D eigenvalue weighted by Crippen LogP contribution is -2.56. The topological polar surface area (TPSA) is 78.0 Å². The molecule has 1 aliphatic carbocycles. The summed E-state index contributed by atoms with van der Waals surface area (Å²) in [6, 6.07) is -0.493. The summed E-state index contributed by atoms with van der Waals surface area (Å²) in [5.74, 6) is 0.713. The van der Waals surface area contributed by atoms with Crippen molar-refractivity contribution in [3.8, 4) is 0 Å². The third-order valence-electron chi connectivity index (χ3n) is 6.34. The number of carbonyl (C=O) groups excluding carboxylic acids is 2. The van der Waals surface area contributed by atoms with Crippen molar-refractivity contribution in [3.63, 3.8) is 0 Å². The van der Waals surface area contributed by atoms with Gasteiger partial charge in [0, 0.05) is 45.2 Å². The number of amides is 2. The molecule has 148 valence electrons. The number of piperazine rings is 1. The van der Waals surface area contributed by atoms with Crippen LogP contribution in [0.15, 0.2) is 0 Å². The fourth-order valence-corrected chi connectivity index (χ4v) is 6.25. The molecule has 8 heteroatoms. The van der Waals surface area contributed by atoms with Gasteiger partial charge in [-0.2, -0.15) is 0 Å². The first-order chi connectivity index (χ1) is 12.3. The van der Waals surface area contributed by atoms with E-state index >= 15 is 0 Å². The molecule has 3 fully saturated rings. The summed E-state index contributed by atoms with van der Waals surface area (Å²) in [7, 11) is -1.29. The molecule has 2 saturated heterocycles. The summed E-state index contributed by atoms with van der Waals surface area (Å²) in [6.07, 6.45) is 4.88. The van der Waals surface area contributed by atoms with Gasteiger partial charge in [-0.05, 0) is 26.2 Å². The Morgan fingerprint density at radius 1 is 1.04 bits per heavy atom. The molecule has 2 aliphatic heterocycles. The van der Waals surface area contributed by atoms with E-state index in [4.69, 9.17) is 0 Å². The minimum Gasteiger partial charge on any atom is -0.340 e. The van der Waals surface area contributed by atoms with Gasteiger partial charge in [0.2, 0.25) is 11.8 Å². The Morgan fingerprint density at radius 2 is 1.65 bits per heavy atom. The van der Waals surface area contributed by atoms with Gasteiger partial charge in [0.15, 0.2) is 9.84 Å². The number of hydrogen-bond donors (Lipinski definition) is 0. The zero-order valence-corrected chi connectivity index (χ0v) is 16.7. The van der Waals surface area contributed by atoms with Crippen molar-refractivity contribution < 1.29 is 18.0 Å². The zero-order valence-electron chi connectivity index (χ0n) is 15.9. The van der Waals surface area contributed by atoms with Crippen LogP contribution in [0.2, 0.25) is 0 Å². The van der Waals surface area contributed by atoms with Gasteiger partial charge < -0.3 is 9.80 Å². The zero-order chi connectivity index (χ0) is 18.9. The van der Waals surface area contributed by atoms with Crippen molar-refractivity contribution in [2.45, 2.75) is 51.1 Å². The highest BCUT2D eigenvalue weighted by Gasteiger charge is 2.36. The molecule has 2 atom stereocenters. The van der Waals surface area contributed by atoms with E-state index in [1.807, 2.05) is 11.8 Å². The maximum Gasteiger partial charge on any atom is 0.239 e. The summed E-state index contributed by atoms with van der Waals surface area (Å²) >= 11 is 0. The second-order valence-electron chi connectivity index (χ2n) is 8.02. The van der Waals surface area contributed by atoms with E-state index in [1.165, 1.54) is 0 Å². The van der Waals surface area contributed by atoms with Crippen molar-refractivity contribution in [1.29, 1.82) is 0 Å². The lowest BCUT2D eigenvalue weighted by atomic mass is 10.1. The third kappa shape index (κ3) is 4.22. The van der Waals surface area contributed by atoms with Crippen LogP contribution in [0.3, 0.4) is 0 Å². The normalized spacial score (nSPS) is 28.2. The molecule has 0 aromatic rings. The quantitative estimate of drug-likeness (QED) is 0.698. The Hall–Kier alpha value is -1.15. The second kappa shape index (κ2) is 7.84. The maximum atomic E-state index is 12.8. The van der Waals surface area contributed by atoms with Gasteiger partial charge in [-0.3, -0.25) is 14.5 Å². The van der Waals surface area contributed by atoms with Gasteiger partial charge in [-0.15, -0.1) is 0 Å². The Bertz CT molecular complexity index is 637. The van der Waals surface area contributed by atoms with E-state index in [0.29, 0.717) is 32.6 Å². The fourth-order valence-electron chi connectivity index (χ4n) is 4.47. The molecule has 0 aromatic carbocycles. The summed E-state index contributed by atoms with van der Waals surface area (Å²) in [4.78, 5) is 31.0. The first-order valence-corrected chi connectivity index (χ1v) is 11.6. The highest BCUT2D eigenvalue weighted by atomic mass is 32.2. The van der Waals surface area contributed by atoms with Crippen LogP contribution in [0.25, 0.3) is 0 Å². The molecular weight excluding hydrogens is 354 g/mol. The lowest BCUT2D eigenvalue weighted by molar-refractivity contribution is -0.140. The monoisotopic (exact) mass is 385 g/mol. The van der Waals surface area contributed by atoms with Gasteiger partial charge in [0.05, 0.1) is 17.5 Å². The molecule has 0 spiro atoms. The largest absolute Gasteiger partial charge is 0.340 e. The Labute approximate surface area is 156 Å². The SMILES string of the molecule is CC(C(=O)N(C)C1CCS(=O)(=O)C1)N1CCN(C(=O)C2CCCC2)CC1. The van der Waals surface area contributed by atoms with E-state index in [-0.39, 0.29) is 41.3 Å². The number of nitrogens with zero attached hydrogens (tertiary/aromatic N) is 3. The molecule has 2 amide bonds. The maximum absolute atomic E-state index is 12.8.